The van der Waals surface area contributed by atoms with E-state index in [4.69, 9.17) is 9.15 Å². The summed E-state index contributed by atoms with van der Waals surface area (Å²) < 4.78 is 12.4. The molecule has 0 saturated carbocycles. The zero-order valence-corrected chi connectivity index (χ0v) is 21.5. The van der Waals surface area contributed by atoms with E-state index in [1.54, 1.807) is 19.3 Å². The molecule has 1 fully saturated rings. The molecule has 2 aromatic carbocycles. The van der Waals surface area contributed by atoms with Gasteiger partial charge < -0.3 is 24.9 Å². The third-order valence-corrected chi connectivity index (χ3v) is 6.86. The van der Waals surface area contributed by atoms with E-state index in [1.807, 2.05) is 54.6 Å². The molecule has 3 heterocycles. The topological polar surface area (TPSA) is 142 Å². The van der Waals surface area contributed by atoms with Gasteiger partial charge in [0.2, 0.25) is 0 Å². The number of pyridine rings is 1. The van der Waals surface area contributed by atoms with Gasteiger partial charge in [-0.15, -0.1) is 0 Å². The number of aryl methyl sites for hydroxylation is 1. The molecule has 10 nitrogen and oxygen atoms in total. The van der Waals surface area contributed by atoms with Gasteiger partial charge in [0.15, 0.2) is 5.58 Å². The summed E-state index contributed by atoms with van der Waals surface area (Å²) in [5.41, 5.74) is 3.53. The highest BCUT2D eigenvalue weighted by atomic mass is 16.5. The summed E-state index contributed by atoms with van der Waals surface area (Å²) in [7, 11) is 1.66. The second-order valence-corrected chi connectivity index (χ2v) is 9.85. The molecule has 1 aliphatic heterocycles. The van der Waals surface area contributed by atoms with Crippen molar-refractivity contribution in [2.45, 2.75) is 30.6 Å². The van der Waals surface area contributed by atoms with Crippen molar-refractivity contribution < 1.29 is 19.1 Å². The van der Waals surface area contributed by atoms with Gasteiger partial charge in [-0.05, 0) is 41.0 Å². The first-order valence-electron chi connectivity index (χ1n) is 12.7. The van der Waals surface area contributed by atoms with Gasteiger partial charge in [-0.25, -0.2) is 4.79 Å². The normalized spacial score (nSPS) is 20.2. The molecule has 3 N–H and O–H groups in total. The minimum atomic E-state index is -1.20. The van der Waals surface area contributed by atoms with Crippen LogP contribution in [0.15, 0.2) is 76.1 Å². The largest absolute Gasteiger partial charge is 0.419 e. The Morgan fingerprint density at radius 2 is 2.05 bits per heavy atom. The number of carbonyl (C=O) groups excluding carboxylic acids is 1. The van der Waals surface area contributed by atoms with Crippen molar-refractivity contribution in [2.24, 2.45) is 7.05 Å². The van der Waals surface area contributed by atoms with Crippen LogP contribution >= 0.6 is 0 Å². The van der Waals surface area contributed by atoms with Gasteiger partial charge in [-0.1, -0.05) is 36.4 Å². The molecule has 4 aromatic rings. The van der Waals surface area contributed by atoms with E-state index < -0.39 is 29.4 Å². The second-order valence-electron chi connectivity index (χ2n) is 9.85. The van der Waals surface area contributed by atoms with Gasteiger partial charge in [0, 0.05) is 44.9 Å². The predicted octanol–water partition coefficient (Wildman–Crippen LogP) is 1.71. The summed E-state index contributed by atoms with van der Waals surface area (Å²) in [6, 6.07) is 20.1. The fourth-order valence-corrected chi connectivity index (χ4v) is 4.69. The summed E-state index contributed by atoms with van der Waals surface area (Å²) in [5.74, 6) is -0.820. The van der Waals surface area contributed by atoms with E-state index in [1.165, 1.54) is 4.57 Å². The van der Waals surface area contributed by atoms with E-state index in [-0.39, 0.29) is 19.7 Å². The van der Waals surface area contributed by atoms with Gasteiger partial charge in [0.25, 0.3) is 5.91 Å². The molecule has 1 aliphatic rings. The smallest absolute Gasteiger partial charge is 0.408 e. The van der Waals surface area contributed by atoms with Gasteiger partial charge in [-0.2, -0.15) is 5.26 Å². The Kier molecular flexibility index (Phi) is 7.56. The lowest BCUT2D eigenvalue weighted by molar-refractivity contribution is -0.135. The first kappa shape index (κ1) is 26.3. The molecule has 39 heavy (non-hydrogen) atoms. The maximum Gasteiger partial charge on any atom is 0.419 e. The molecule has 1 saturated heterocycles. The number of aromatic nitrogens is 2. The Bertz CT molecular complexity index is 1560. The summed E-state index contributed by atoms with van der Waals surface area (Å²) in [5, 5.41) is 26.5. The zero-order valence-electron chi connectivity index (χ0n) is 21.5. The third kappa shape index (κ3) is 6.07. The number of benzene rings is 2. The number of oxazole rings is 1. The van der Waals surface area contributed by atoms with Crippen molar-refractivity contribution in [1.29, 1.82) is 5.26 Å². The molecule has 0 spiro atoms. The maximum absolute atomic E-state index is 12.9. The van der Waals surface area contributed by atoms with E-state index in [0.29, 0.717) is 23.9 Å². The van der Waals surface area contributed by atoms with Gasteiger partial charge >= 0.3 is 5.76 Å². The van der Waals surface area contributed by atoms with Crippen LogP contribution in [0.4, 0.5) is 0 Å². The van der Waals surface area contributed by atoms with Crippen molar-refractivity contribution in [1.82, 2.24) is 20.2 Å². The van der Waals surface area contributed by atoms with Crippen LogP contribution in [0.3, 0.4) is 0 Å². The van der Waals surface area contributed by atoms with Crippen LogP contribution in [-0.2, 0) is 29.4 Å². The summed E-state index contributed by atoms with van der Waals surface area (Å²) in [6.07, 6.45) is 1.44. The molecule has 2 unspecified atom stereocenters. The van der Waals surface area contributed by atoms with Crippen LogP contribution in [0.25, 0.3) is 22.2 Å². The molecule has 0 radical (unpaired) electrons. The molecule has 5 rings (SSSR count). The number of β-amino-alcohol motifs (C(OH)–C–C–N with tert-alkyl or cyclic N) is 1. The van der Waals surface area contributed by atoms with Gasteiger partial charge in [0.05, 0.1) is 18.2 Å². The highest BCUT2D eigenvalue weighted by molar-refractivity contribution is 5.82. The number of carbonyl (C=O) groups is 1. The average Bonchev–Trinajstić information content (AvgIpc) is 3.09. The standard InChI is InChI=1S/C29H29N5O5/c1-34-24-13-21(9-10-25(24)39-28(34)36)20-7-5-19(6-8-20)12-23(15-30)33-27(35)26-16-31-17-29(37,18-38-26)14-22-4-2-3-11-32-22/h2-11,13,23,26,31,37H,12,14,16-18H2,1H3,(H,33,35)/t23-,26?,29?/m0/s1. The molecule has 0 aliphatic carbocycles. The van der Waals surface area contributed by atoms with Gasteiger partial charge in [0.1, 0.15) is 17.7 Å². The summed E-state index contributed by atoms with van der Waals surface area (Å²) in [6.45, 7) is 0.438. The quantitative estimate of drug-likeness (QED) is 0.330. The SMILES string of the molecule is Cn1c(=O)oc2ccc(-c3ccc(C[C@@H](C#N)NC(=O)C4CNCC(O)(Cc5ccccn5)CO4)cc3)cc21. The maximum atomic E-state index is 12.9. The second kappa shape index (κ2) is 11.2. The Hall–Kier alpha value is -4.30. The van der Waals surface area contributed by atoms with E-state index in [0.717, 1.165) is 22.4 Å². The molecule has 200 valence electrons. The lowest BCUT2D eigenvalue weighted by atomic mass is 9.98. The molecular formula is C29H29N5O5. The molecule has 0 bridgehead atoms. The fraction of sp³-hybridized carbons (Fsp3) is 0.310. The lowest BCUT2D eigenvalue weighted by Crippen LogP contribution is -2.46. The molecular weight excluding hydrogens is 498 g/mol. The van der Waals surface area contributed by atoms with Crippen molar-refractivity contribution in [3.8, 4) is 17.2 Å². The summed E-state index contributed by atoms with van der Waals surface area (Å²) in [4.78, 5) is 28.9. The number of ether oxygens (including phenoxy) is 1. The predicted molar refractivity (Wildman–Crippen MR) is 144 cm³/mol. The van der Waals surface area contributed by atoms with Crippen LogP contribution in [0, 0.1) is 11.3 Å². The first-order valence-corrected chi connectivity index (χ1v) is 12.7. The summed E-state index contributed by atoms with van der Waals surface area (Å²) >= 11 is 0. The number of nitriles is 1. The van der Waals surface area contributed by atoms with Crippen LogP contribution in [-0.4, -0.2) is 58.0 Å². The number of aliphatic hydroxyl groups is 1. The third-order valence-electron chi connectivity index (χ3n) is 6.86. The lowest BCUT2D eigenvalue weighted by Gasteiger charge is -2.25. The van der Waals surface area contributed by atoms with E-state index in [9.17, 15) is 20.0 Å². The molecule has 10 heteroatoms. The molecule has 3 atom stereocenters. The van der Waals surface area contributed by atoms with Crippen LogP contribution in [0.1, 0.15) is 11.3 Å². The minimum absolute atomic E-state index is 0.0356. The Morgan fingerprint density at radius 1 is 1.26 bits per heavy atom. The zero-order chi connectivity index (χ0) is 27.4. The van der Waals surface area contributed by atoms with Crippen LogP contribution in [0.2, 0.25) is 0 Å². The molecule has 1 amide bonds. The first-order chi connectivity index (χ1) is 18.8. The Labute approximate surface area is 224 Å². The van der Waals surface area contributed by atoms with Crippen molar-refractivity contribution in [3.63, 3.8) is 0 Å². The number of fused-ring (bicyclic) bond motifs is 1. The number of hydrogen-bond acceptors (Lipinski definition) is 8. The fourth-order valence-electron chi connectivity index (χ4n) is 4.69. The number of nitrogens with one attached hydrogen (secondary N) is 2. The van der Waals surface area contributed by atoms with Crippen molar-refractivity contribution in [3.05, 3.63) is 88.7 Å². The van der Waals surface area contributed by atoms with Crippen LogP contribution in [0.5, 0.6) is 0 Å². The average molecular weight is 528 g/mol. The number of rotatable bonds is 7. The van der Waals surface area contributed by atoms with E-state index >= 15 is 0 Å². The van der Waals surface area contributed by atoms with Gasteiger partial charge in [-0.3, -0.25) is 14.3 Å². The van der Waals surface area contributed by atoms with Crippen molar-refractivity contribution >= 4 is 17.0 Å². The Balaban J connectivity index is 1.18. The number of amides is 1. The molecule has 2 aromatic heterocycles. The number of hydrogen-bond donors (Lipinski definition) is 3. The Morgan fingerprint density at radius 3 is 2.79 bits per heavy atom. The van der Waals surface area contributed by atoms with E-state index in [2.05, 4.69) is 21.7 Å². The van der Waals surface area contributed by atoms with Crippen molar-refractivity contribution in [2.75, 3.05) is 19.7 Å². The van der Waals surface area contributed by atoms with Crippen LogP contribution < -0.4 is 16.4 Å². The highest BCUT2D eigenvalue weighted by Crippen LogP contribution is 2.24. The monoisotopic (exact) mass is 527 g/mol. The highest BCUT2D eigenvalue weighted by Gasteiger charge is 2.35. The minimum Gasteiger partial charge on any atom is -0.408 e. The number of nitrogens with zero attached hydrogens (tertiary/aromatic N) is 3.